The van der Waals surface area contributed by atoms with Crippen LogP contribution in [0.2, 0.25) is 0 Å². The number of carbonyl (C=O) groups is 2. The Morgan fingerprint density at radius 2 is 1.83 bits per heavy atom. The molecule has 5 aromatic rings. The first-order chi connectivity index (χ1) is 24.8. The number of rotatable bonds is 3. The smallest absolute Gasteiger partial charge is 0.354 e. The molecule has 3 atom stereocenters. The Labute approximate surface area is 299 Å². The fourth-order valence-corrected chi connectivity index (χ4v) is 7.67. The molecule has 12 nitrogen and oxygen atoms in total. The predicted molar refractivity (Wildman–Crippen MR) is 195 cm³/mol. The number of hydrogen-bond acceptors (Lipinski definition) is 8. The molecule has 6 bridgehead atoms. The van der Waals surface area contributed by atoms with E-state index in [2.05, 4.69) is 21.9 Å². The zero-order valence-electron chi connectivity index (χ0n) is 29.8. The van der Waals surface area contributed by atoms with Gasteiger partial charge < -0.3 is 25.4 Å². The molecule has 2 amide bonds. The summed E-state index contributed by atoms with van der Waals surface area (Å²) < 4.78 is 35.9. The van der Waals surface area contributed by atoms with Gasteiger partial charge in [-0.1, -0.05) is 20.4 Å². The number of nitrogens with two attached hydrogens (primary N) is 1. The SMILES string of the molecule is C=CC(=O)N1C[C@H](C)N(c2nc(=O)n3c4nc(c(F)cc24)-c2c(F)ccc4c(cn(C)c24)CC(N)C(=O)NCCc2ccnc(C(C)C)c2-3)C[C@H]1C. The second-order valence-electron chi connectivity index (χ2n) is 14.1. The highest BCUT2D eigenvalue weighted by atomic mass is 19.1. The largest absolute Gasteiger partial charge is 0.355 e. The van der Waals surface area contributed by atoms with E-state index in [-0.39, 0.29) is 70.9 Å². The van der Waals surface area contributed by atoms with Crippen molar-refractivity contribution in [3.63, 3.8) is 0 Å². The molecular formula is C38H41F2N9O3. The molecule has 1 saturated heterocycles. The summed E-state index contributed by atoms with van der Waals surface area (Å²) in [5, 5.41) is 3.75. The number of pyridine rings is 2. The number of anilines is 1. The maximum absolute atomic E-state index is 16.8. The van der Waals surface area contributed by atoms with E-state index < -0.39 is 23.4 Å². The van der Waals surface area contributed by atoms with Gasteiger partial charge in [-0.15, -0.1) is 0 Å². The number of nitrogens with one attached hydrogen (secondary N) is 1. The number of aryl methyl sites for hydroxylation is 1. The molecule has 1 fully saturated rings. The minimum absolute atomic E-state index is 0.0657. The Hall–Kier alpha value is -5.50. The summed E-state index contributed by atoms with van der Waals surface area (Å²) in [6, 6.07) is 4.35. The van der Waals surface area contributed by atoms with Gasteiger partial charge in [-0.25, -0.2) is 23.1 Å². The molecule has 7 rings (SSSR count). The quantitative estimate of drug-likeness (QED) is 0.269. The summed E-state index contributed by atoms with van der Waals surface area (Å²) in [6.07, 6.45) is 5.13. The molecular weight excluding hydrogens is 668 g/mol. The van der Waals surface area contributed by atoms with Crippen molar-refractivity contribution in [1.82, 2.24) is 34.3 Å². The molecule has 6 heterocycles. The zero-order valence-corrected chi connectivity index (χ0v) is 29.8. The summed E-state index contributed by atoms with van der Waals surface area (Å²) in [6.45, 7) is 12.1. The third-order valence-electron chi connectivity index (χ3n) is 10.2. The van der Waals surface area contributed by atoms with Gasteiger partial charge in [0.05, 0.1) is 33.9 Å². The van der Waals surface area contributed by atoms with Crippen LogP contribution in [0, 0.1) is 11.6 Å². The number of halogens is 2. The van der Waals surface area contributed by atoms with Gasteiger partial charge in [-0.2, -0.15) is 4.98 Å². The second kappa shape index (κ2) is 13.2. The van der Waals surface area contributed by atoms with E-state index in [9.17, 15) is 14.4 Å². The van der Waals surface area contributed by atoms with Gasteiger partial charge in [-0.05, 0) is 74.1 Å². The van der Waals surface area contributed by atoms with Crippen molar-refractivity contribution in [3.05, 3.63) is 88.3 Å². The van der Waals surface area contributed by atoms with Crippen LogP contribution >= 0.6 is 0 Å². The second-order valence-corrected chi connectivity index (χ2v) is 14.1. The van der Waals surface area contributed by atoms with Gasteiger partial charge in [0.15, 0.2) is 11.5 Å². The van der Waals surface area contributed by atoms with Crippen molar-refractivity contribution in [3.8, 4) is 16.9 Å². The van der Waals surface area contributed by atoms with Crippen LogP contribution in [0.3, 0.4) is 0 Å². The average molecular weight is 710 g/mol. The molecule has 270 valence electrons. The number of hydrogen-bond donors (Lipinski definition) is 2. The monoisotopic (exact) mass is 709 g/mol. The molecule has 1 unspecified atom stereocenters. The fraction of sp³-hybridized carbons (Fsp3) is 0.368. The van der Waals surface area contributed by atoms with Crippen LogP contribution in [-0.4, -0.2) is 78.6 Å². The van der Waals surface area contributed by atoms with Gasteiger partial charge in [0.25, 0.3) is 0 Å². The van der Waals surface area contributed by atoms with Crippen molar-refractivity contribution in [2.75, 3.05) is 24.5 Å². The number of aromatic nitrogens is 5. The van der Waals surface area contributed by atoms with E-state index in [1.54, 1.807) is 41.0 Å². The summed E-state index contributed by atoms with van der Waals surface area (Å²) >= 11 is 0. The lowest BCUT2D eigenvalue weighted by atomic mass is 9.99. The standard InChI is InChI=1S/C38H41F2N9O3/c1-7-29(50)47-16-21(5)48(17-20(47)4)35-25-15-27(40)32-30-26(39)9-8-24-23(18-46(6)34(24)30)14-28(41)37(51)43-13-11-22-10-12-42-31(19(2)3)33(22)49(36(25)44-32)38(52)45-35/h7-10,12,15,18-21,28H,1,11,13-14,16-17,41H2,2-6H3,(H,43,51)/t20-,21+,28?/m1/s1. The highest BCUT2D eigenvalue weighted by Crippen LogP contribution is 2.38. The summed E-state index contributed by atoms with van der Waals surface area (Å²) in [7, 11) is 1.71. The number of benzene rings is 1. The van der Waals surface area contributed by atoms with Crippen LogP contribution in [0.1, 0.15) is 50.4 Å². The number of nitrogens with zero attached hydrogens (tertiary/aromatic N) is 7. The van der Waals surface area contributed by atoms with Gasteiger partial charge in [0, 0.05) is 56.5 Å². The molecule has 14 heteroatoms. The third-order valence-corrected chi connectivity index (χ3v) is 10.2. The zero-order chi connectivity index (χ0) is 37.2. The fourth-order valence-electron chi connectivity index (χ4n) is 7.67. The molecule has 4 aromatic heterocycles. The molecule has 52 heavy (non-hydrogen) atoms. The molecule has 0 spiro atoms. The number of fused-ring (bicyclic) bond motifs is 4. The van der Waals surface area contributed by atoms with E-state index in [1.165, 1.54) is 22.8 Å². The molecule has 0 radical (unpaired) electrons. The first kappa shape index (κ1) is 34.9. The minimum Gasteiger partial charge on any atom is -0.354 e. The first-order valence-corrected chi connectivity index (χ1v) is 17.4. The summed E-state index contributed by atoms with van der Waals surface area (Å²) in [5.74, 6) is -2.09. The van der Waals surface area contributed by atoms with Crippen molar-refractivity contribution < 1.29 is 18.4 Å². The molecule has 1 aromatic carbocycles. The predicted octanol–water partition coefficient (Wildman–Crippen LogP) is 3.89. The Kier molecular flexibility index (Phi) is 8.89. The van der Waals surface area contributed by atoms with Crippen LogP contribution < -0.4 is 21.6 Å². The van der Waals surface area contributed by atoms with Crippen LogP contribution in [0.15, 0.2) is 54.1 Å². The average Bonchev–Trinajstić information content (AvgIpc) is 3.42. The number of amides is 2. The molecule has 0 saturated carbocycles. The summed E-state index contributed by atoms with van der Waals surface area (Å²) in [4.78, 5) is 58.1. The third kappa shape index (κ3) is 5.70. The normalized spacial score (nSPS) is 19.5. The molecule has 2 aliphatic rings. The lowest BCUT2D eigenvalue weighted by molar-refractivity contribution is -0.128. The maximum Gasteiger partial charge on any atom is 0.355 e. The minimum atomic E-state index is -0.908. The highest BCUT2D eigenvalue weighted by molar-refractivity contribution is 5.99. The lowest BCUT2D eigenvalue weighted by Gasteiger charge is -2.44. The van der Waals surface area contributed by atoms with Gasteiger partial charge >= 0.3 is 5.69 Å². The van der Waals surface area contributed by atoms with Crippen LogP contribution in [0.4, 0.5) is 14.6 Å². The Balaban J connectivity index is 1.59. The lowest BCUT2D eigenvalue weighted by Crippen LogP contribution is -2.58. The van der Waals surface area contributed by atoms with Crippen LogP contribution in [-0.2, 0) is 29.5 Å². The van der Waals surface area contributed by atoms with Crippen molar-refractivity contribution in [1.29, 1.82) is 0 Å². The Morgan fingerprint density at radius 3 is 2.56 bits per heavy atom. The van der Waals surface area contributed by atoms with Gasteiger partial charge in [0.2, 0.25) is 11.8 Å². The summed E-state index contributed by atoms with van der Waals surface area (Å²) in [5.41, 5.74) is 8.04. The maximum atomic E-state index is 16.8. The molecule has 2 aliphatic heterocycles. The van der Waals surface area contributed by atoms with Crippen LogP contribution in [0.5, 0.6) is 0 Å². The number of carbonyl (C=O) groups excluding carboxylic acids is 2. The van der Waals surface area contributed by atoms with Crippen molar-refractivity contribution >= 4 is 39.6 Å². The van der Waals surface area contributed by atoms with E-state index in [0.29, 0.717) is 52.9 Å². The van der Waals surface area contributed by atoms with Gasteiger partial charge in [-0.3, -0.25) is 14.6 Å². The van der Waals surface area contributed by atoms with Crippen molar-refractivity contribution in [2.24, 2.45) is 12.8 Å². The topological polar surface area (TPSA) is 144 Å². The van der Waals surface area contributed by atoms with Crippen molar-refractivity contribution in [2.45, 2.75) is 64.6 Å². The van der Waals surface area contributed by atoms with Crippen LogP contribution in [0.25, 0.3) is 38.9 Å². The Bertz CT molecular complexity index is 2350. The van der Waals surface area contributed by atoms with E-state index in [0.717, 1.165) is 0 Å². The van der Waals surface area contributed by atoms with E-state index in [1.807, 2.05) is 32.6 Å². The molecule has 3 N–H and O–H groups in total. The molecule has 0 aliphatic carbocycles. The van der Waals surface area contributed by atoms with E-state index >= 15 is 8.78 Å². The number of piperazine rings is 1. The first-order valence-electron chi connectivity index (χ1n) is 17.4. The Morgan fingerprint density at radius 1 is 1.06 bits per heavy atom. The van der Waals surface area contributed by atoms with Gasteiger partial charge in [0.1, 0.15) is 17.3 Å². The van der Waals surface area contributed by atoms with E-state index in [4.69, 9.17) is 10.7 Å². The highest BCUT2D eigenvalue weighted by Gasteiger charge is 2.35.